The van der Waals surface area contributed by atoms with Crippen molar-refractivity contribution in [2.45, 2.75) is 6.92 Å². The summed E-state index contributed by atoms with van der Waals surface area (Å²) < 4.78 is 11.1. The lowest BCUT2D eigenvalue weighted by Gasteiger charge is -2.28. The van der Waals surface area contributed by atoms with Gasteiger partial charge in [-0.25, -0.2) is 4.79 Å². The van der Waals surface area contributed by atoms with Crippen LogP contribution in [0, 0.1) is 6.92 Å². The van der Waals surface area contributed by atoms with Crippen LogP contribution in [-0.2, 0) is 4.74 Å². The molecule has 1 aliphatic heterocycles. The third-order valence-corrected chi connectivity index (χ3v) is 3.64. The zero-order chi connectivity index (χ0) is 15.0. The maximum atomic E-state index is 12.5. The van der Waals surface area contributed by atoms with Gasteiger partial charge in [-0.1, -0.05) is 0 Å². The monoisotopic (exact) mass is 289 g/mol. The minimum Gasteiger partial charge on any atom is -0.478 e. The number of nitrogens with zero attached hydrogens (tertiary/aromatic N) is 1. The predicted molar refractivity (Wildman–Crippen MR) is 77.2 cm³/mol. The first-order chi connectivity index (χ1) is 10.1. The average molecular weight is 289 g/mol. The van der Waals surface area contributed by atoms with E-state index in [1.807, 2.05) is 4.90 Å². The largest absolute Gasteiger partial charge is 0.478 e. The van der Waals surface area contributed by atoms with E-state index in [1.165, 1.54) is 18.2 Å². The van der Waals surface area contributed by atoms with Gasteiger partial charge in [0.2, 0.25) is 5.88 Å². The summed E-state index contributed by atoms with van der Waals surface area (Å²) in [6.07, 6.45) is 0. The molecule has 1 saturated heterocycles. The number of carboxylic acid groups (broad SMARTS) is 1. The Morgan fingerprint density at radius 2 is 2.00 bits per heavy atom. The molecule has 21 heavy (non-hydrogen) atoms. The molecule has 0 saturated carbocycles. The van der Waals surface area contributed by atoms with Crippen LogP contribution in [0.3, 0.4) is 0 Å². The van der Waals surface area contributed by atoms with Gasteiger partial charge in [-0.2, -0.15) is 0 Å². The minimum absolute atomic E-state index is 0.0772. The standard InChI is InChI=1S/C15H15NO5/c1-9-13(17)11-8-10(15(18)19)2-3-12(11)21-14(9)16-4-6-20-7-5-16/h2-3,8H,4-7H2,1H3,(H,18,19). The van der Waals surface area contributed by atoms with E-state index in [1.54, 1.807) is 6.92 Å². The van der Waals surface area contributed by atoms with E-state index >= 15 is 0 Å². The minimum atomic E-state index is -1.06. The van der Waals surface area contributed by atoms with E-state index in [4.69, 9.17) is 14.3 Å². The molecule has 1 fully saturated rings. The van der Waals surface area contributed by atoms with Crippen LogP contribution in [0.5, 0.6) is 0 Å². The number of hydrogen-bond acceptors (Lipinski definition) is 5. The molecule has 0 atom stereocenters. The fraction of sp³-hybridized carbons (Fsp3) is 0.333. The molecule has 110 valence electrons. The summed E-state index contributed by atoms with van der Waals surface area (Å²) in [7, 11) is 0. The van der Waals surface area contributed by atoms with Gasteiger partial charge in [-0.15, -0.1) is 0 Å². The number of fused-ring (bicyclic) bond motifs is 1. The Labute approximate surface area is 120 Å². The number of morpholine rings is 1. The summed E-state index contributed by atoms with van der Waals surface area (Å²) in [6.45, 7) is 4.23. The van der Waals surface area contributed by atoms with Crippen LogP contribution in [0.2, 0.25) is 0 Å². The smallest absolute Gasteiger partial charge is 0.335 e. The molecule has 6 nitrogen and oxygen atoms in total. The number of aromatic carboxylic acids is 1. The van der Waals surface area contributed by atoms with Crippen molar-refractivity contribution in [3.8, 4) is 0 Å². The van der Waals surface area contributed by atoms with E-state index in [0.717, 1.165) is 0 Å². The van der Waals surface area contributed by atoms with E-state index in [0.29, 0.717) is 48.7 Å². The van der Waals surface area contributed by atoms with Crippen molar-refractivity contribution in [1.29, 1.82) is 0 Å². The SMILES string of the molecule is Cc1c(N2CCOCC2)oc2ccc(C(=O)O)cc2c1=O. The second-order valence-electron chi connectivity index (χ2n) is 4.98. The molecular formula is C15H15NO5. The number of carbonyl (C=O) groups is 1. The third-order valence-electron chi connectivity index (χ3n) is 3.64. The highest BCUT2D eigenvalue weighted by atomic mass is 16.5. The summed E-state index contributed by atoms with van der Waals surface area (Å²) in [5, 5.41) is 9.30. The zero-order valence-electron chi connectivity index (χ0n) is 11.6. The van der Waals surface area contributed by atoms with E-state index < -0.39 is 5.97 Å². The fourth-order valence-electron chi connectivity index (χ4n) is 2.48. The van der Waals surface area contributed by atoms with Gasteiger partial charge in [0.15, 0.2) is 5.43 Å². The fourth-order valence-corrected chi connectivity index (χ4v) is 2.48. The molecule has 2 heterocycles. The molecule has 0 spiro atoms. The molecule has 0 unspecified atom stereocenters. The lowest BCUT2D eigenvalue weighted by atomic mass is 10.1. The summed E-state index contributed by atoms with van der Waals surface area (Å²) in [6, 6.07) is 4.33. The number of carboxylic acids is 1. The summed E-state index contributed by atoms with van der Waals surface area (Å²) in [5.74, 6) is -0.523. The number of anilines is 1. The lowest BCUT2D eigenvalue weighted by Crippen LogP contribution is -2.37. The van der Waals surface area contributed by atoms with E-state index in [2.05, 4.69) is 0 Å². The molecule has 0 amide bonds. The predicted octanol–water partition coefficient (Wildman–Crippen LogP) is 1.64. The highest BCUT2D eigenvalue weighted by molar-refractivity contribution is 5.93. The van der Waals surface area contributed by atoms with Crippen LogP contribution < -0.4 is 10.3 Å². The van der Waals surface area contributed by atoms with Gasteiger partial charge in [0.1, 0.15) is 5.58 Å². The molecule has 0 bridgehead atoms. The normalized spacial score (nSPS) is 15.4. The quantitative estimate of drug-likeness (QED) is 0.905. The van der Waals surface area contributed by atoms with E-state index in [-0.39, 0.29) is 11.0 Å². The first-order valence-electron chi connectivity index (χ1n) is 6.71. The average Bonchev–Trinajstić information content (AvgIpc) is 2.51. The molecule has 2 aromatic rings. The first kappa shape index (κ1) is 13.6. The van der Waals surface area contributed by atoms with Gasteiger partial charge in [0.05, 0.1) is 29.7 Å². The summed E-state index contributed by atoms with van der Waals surface area (Å²) in [5.41, 5.74) is 0.776. The van der Waals surface area contributed by atoms with Crippen LogP contribution in [0.15, 0.2) is 27.4 Å². The Hall–Kier alpha value is -2.34. The Bertz CT molecular complexity index is 758. The summed E-state index contributed by atoms with van der Waals surface area (Å²) >= 11 is 0. The van der Waals surface area contributed by atoms with Crippen molar-refractivity contribution < 1.29 is 19.1 Å². The first-order valence-corrected chi connectivity index (χ1v) is 6.71. The molecule has 1 N–H and O–H groups in total. The van der Waals surface area contributed by atoms with Crippen LogP contribution in [0.25, 0.3) is 11.0 Å². The van der Waals surface area contributed by atoms with Gasteiger partial charge >= 0.3 is 5.97 Å². The van der Waals surface area contributed by atoms with Crippen molar-refractivity contribution in [2.24, 2.45) is 0 Å². The number of hydrogen-bond donors (Lipinski definition) is 1. The molecule has 1 aromatic carbocycles. The molecular weight excluding hydrogens is 274 g/mol. The van der Waals surface area contributed by atoms with Crippen molar-refractivity contribution in [2.75, 3.05) is 31.2 Å². The molecule has 3 rings (SSSR count). The number of benzene rings is 1. The zero-order valence-corrected chi connectivity index (χ0v) is 11.6. The maximum absolute atomic E-state index is 12.5. The van der Waals surface area contributed by atoms with Crippen LogP contribution in [-0.4, -0.2) is 37.4 Å². The van der Waals surface area contributed by atoms with Gasteiger partial charge in [-0.3, -0.25) is 4.79 Å². The molecule has 0 aliphatic carbocycles. The third kappa shape index (κ3) is 2.38. The van der Waals surface area contributed by atoms with Gasteiger partial charge in [-0.05, 0) is 25.1 Å². The Kier molecular flexibility index (Phi) is 3.39. The van der Waals surface area contributed by atoms with Crippen LogP contribution in [0.4, 0.5) is 5.88 Å². The Morgan fingerprint density at radius 3 is 2.67 bits per heavy atom. The van der Waals surface area contributed by atoms with Gasteiger partial charge in [0.25, 0.3) is 0 Å². The second kappa shape index (κ2) is 5.21. The van der Waals surface area contributed by atoms with Crippen molar-refractivity contribution in [3.63, 3.8) is 0 Å². The molecule has 0 radical (unpaired) electrons. The second-order valence-corrected chi connectivity index (χ2v) is 4.98. The Balaban J connectivity index is 2.16. The summed E-state index contributed by atoms with van der Waals surface area (Å²) in [4.78, 5) is 25.4. The van der Waals surface area contributed by atoms with E-state index in [9.17, 15) is 9.59 Å². The Morgan fingerprint density at radius 1 is 1.29 bits per heavy atom. The highest BCUT2D eigenvalue weighted by Gasteiger charge is 2.19. The number of ether oxygens (including phenoxy) is 1. The maximum Gasteiger partial charge on any atom is 0.335 e. The van der Waals surface area contributed by atoms with Crippen molar-refractivity contribution >= 4 is 22.8 Å². The molecule has 1 aliphatic rings. The molecule has 6 heteroatoms. The van der Waals surface area contributed by atoms with Crippen LogP contribution in [0.1, 0.15) is 15.9 Å². The topological polar surface area (TPSA) is 80.0 Å². The number of rotatable bonds is 2. The van der Waals surface area contributed by atoms with Crippen LogP contribution >= 0.6 is 0 Å². The van der Waals surface area contributed by atoms with Crippen molar-refractivity contribution in [1.82, 2.24) is 0 Å². The van der Waals surface area contributed by atoms with Crippen molar-refractivity contribution in [3.05, 3.63) is 39.5 Å². The highest BCUT2D eigenvalue weighted by Crippen LogP contribution is 2.24. The van der Waals surface area contributed by atoms with Gasteiger partial charge in [0, 0.05) is 13.1 Å². The van der Waals surface area contributed by atoms with Gasteiger partial charge < -0.3 is 19.2 Å². The lowest BCUT2D eigenvalue weighted by molar-refractivity contribution is 0.0697. The molecule has 1 aromatic heterocycles.